The summed E-state index contributed by atoms with van der Waals surface area (Å²) in [6.07, 6.45) is 0.892. The van der Waals surface area contributed by atoms with E-state index in [0.29, 0.717) is 30.2 Å². The van der Waals surface area contributed by atoms with Crippen molar-refractivity contribution in [2.24, 2.45) is 5.92 Å². The molecule has 0 spiro atoms. The number of rotatable bonds is 4. The van der Waals surface area contributed by atoms with Crippen LogP contribution in [-0.2, 0) is 16.6 Å². The van der Waals surface area contributed by atoms with Gasteiger partial charge < -0.3 is 9.88 Å². The molecular weight excluding hydrogens is 434 g/mol. The van der Waals surface area contributed by atoms with Crippen LogP contribution in [0.3, 0.4) is 0 Å². The van der Waals surface area contributed by atoms with Crippen LogP contribution in [0.2, 0.25) is 0 Å². The highest BCUT2D eigenvalue weighted by Gasteiger charge is 2.39. The molecule has 1 fully saturated rings. The number of fused-ring (bicyclic) bond motifs is 4. The number of amides is 1. The van der Waals surface area contributed by atoms with Gasteiger partial charge in [0.2, 0.25) is 10.0 Å². The number of sulfonamides is 1. The second kappa shape index (κ2) is 7.74. The van der Waals surface area contributed by atoms with Gasteiger partial charge in [-0.2, -0.15) is 4.31 Å². The summed E-state index contributed by atoms with van der Waals surface area (Å²) in [7, 11) is -3.67. The maximum atomic E-state index is 13.3. The Balaban J connectivity index is 1.35. The van der Waals surface area contributed by atoms with Crippen molar-refractivity contribution in [3.05, 3.63) is 80.9 Å². The number of anilines is 1. The molecule has 2 aliphatic rings. The summed E-state index contributed by atoms with van der Waals surface area (Å²) in [6, 6.07) is 15.0. The monoisotopic (exact) mass is 455 g/mol. The fraction of sp³-hybridized carbons (Fsp3) is 0.273. The molecule has 2 aromatic heterocycles. The number of pyridine rings is 1. The van der Waals surface area contributed by atoms with E-state index in [4.69, 9.17) is 0 Å². The van der Waals surface area contributed by atoms with Crippen LogP contribution in [0.5, 0.6) is 0 Å². The highest BCUT2D eigenvalue weighted by Crippen LogP contribution is 2.37. The molecule has 3 aromatic rings. The van der Waals surface area contributed by atoms with Crippen LogP contribution in [0, 0.1) is 5.92 Å². The zero-order chi connectivity index (χ0) is 21.6. The molecule has 2 aliphatic heterocycles. The van der Waals surface area contributed by atoms with Crippen LogP contribution in [-0.4, -0.2) is 36.3 Å². The molecule has 0 unspecified atom stereocenters. The average molecular weight is 456 g/mol. The molecule has 1 saturated heterocycles. The van der Waals surface area contributed by atoms with Crippen molar-refractivity contribution >= 4 is 33.0 Å². The third-order valence-corrected chi connectivity index (χ3v) is 8.66. The fourth-order valence-corrected chi connectivity index (χ4v) is 6.69. The molecule has 160 valence electrons. The lowest BCUT2D eigenvalue weighted by molar-refractivity contribution is 0.103. The molecular formula is C22H21N3O4S2. The van der Waals surface area contributed by atoms with Gasteiger partial charge in [-0.3, -0.25) is 9.59 Å². The minimum absolute atomic E-state index is 0.0144. The Hall–Kier alpha value is -2.75. The zero-order valence-electron chi connectivity index (χ0n) is 16.6. The van der Waals surface area contributed by atoms with Crippen LogP contribution in [0.1, 0.15) is 27.7 Å². The number of piperidine rings is 1. The highest BCUT2D eigenvalue weighted by molar-refractivity contribution is 7.89. The molecule has 1 amide bonds. The minimum Gasteiger partial charge on any atom is -0.321 e. The number of nitrogens with one attached hydrogen (secondary N) is 1. The SMILES string of the molecule is O=C(Nc1ccc(S(=O)(=O)N2C[C@@H]3C[C@@H](C2)c2cccc(=O)n2C3)cc1)c1cccs1. The predicted molar refractivity (Wildman–Crippen MR) is 119 cm³/mol. The fourth-order valence-electron chi connectivity index (χ4n) is 4.51. The Kier molecular flexibility index (Phi) is 5.04. The van der Waals surface area contributed by atoms with Crippen molar-refractivity contribution in [3.63, 3.8) is 0 Å². The van der Waals surface area contributed by atoms with E-state index in [-0.39, 0.29) is 28.2 Å². The topological polar surface area (TPSA) is 88.5 Å². The van der Waals surface area contributed by atoms with Crippen LogP contribution in [0.15, 0.2) is 69.7 Å². The van der Waals surface area contributed by atoms with Crippen molar-refractivity contribution in [3.8, 4) is 0 Å². The molecule has 0 saturated carbocycles. The number of thiophene rings is 1. The lowest BCUT2D eigenvalue weighted by Crippen LogP contribution is -2.48. The molecule has 0 radical (unpaired) electrons. The standard InChI is InChI=1S/C22H21N3O4S2/c26-21-5-1-3-19-16-11-15(13-25(19)21)12-24(14-16)31(28,29)18-8-6-17(7-9-18)23-22(27)20-4-2-10-30-20/h1-10,15-16H,11-14H2,(H,23,27)/t15-,16-/m0/s1. The van der Waals surface area contributed by atoms with Gasteiger partial charge in [0.25, 0.3) is 11.5 Å². The summed E-state index contributed by atoms with van der Waals surface area (Å²) in [5.41, 5.74) is 1.43. The van der Waals surface area contributed by atoms with E-state index in [1.165, 1.54) is 27.8 Å². The maximum Gasteiger partial charge on any atom is 0.265 e. The summed E-state index contributed by atoms with van der Waals surface area (Å²) in [5.74, 6) is -0.0885. The third-order valence-electron chi connectivity index (χ3n) is 5.94. The second-order valence-corrected chi connectivity index (χ2v) is 10.9. The number of hydrogen-bond acceptors (Lipinski definition) is 5. The summed E-state index contributed by atoms with van der Waals surface area (Å²) in [4.78, 5) is 25.2. The van der Waals surface area contributed by atoms with E-state index < -0.39 is 10.0 Å². The molecule has 2 atom stereocenters. The van der Waals surface area contributed by atoms with Crippen molar-refractivity contribution in [1.29, 1.82) is 0 Å². The molecule has 1 N–H and O–H groups in total. The minimum atomic E-state index is -3.67. The molecule has 31 heavy (non-hydrogen) atoms. The van der Waals surface area contributed by atoms with Crippen LogP contribution >= 0.6 is 11.3 Å². The van der Waals surface area contributed by atoms with Gasteiger partial charge in [0.1, 0.15) is 0 Å². The highest BCUT2D eigenvalue weighted by atomic mass is 32.2. The van der Waals surface area contributed by atoms with Crippen molar-refractivity contribution in [1.82, 2.24) is 8.87 Å². The van der Waals surface area contributed by atoms with Gasteiger partial charge in [0, 0.05) is 43.0 Å². The number of carbonyl (C=O) groups excluding carboxylic acids is 1. The first-order valence-electron chi connectivity index (χ1n) is 10.1. The number of aromatic nitrogens is 1. The van der Waals surface area contributed by atoms with Crippen LogP contribution < -0.4 is 10.9 Å². The molecule has 4 heterocycles. The molecule has 0 aliphatic carbocycles. The molecule has 2 bridgehead atoms. The van der Waals surface area contributed by atoms with Gasteiger partial charge in [-0.25, -0.2) is 8.42 Å². The van der Waals surface area contributed by atoms with E-state index in [0.717, 1.165) is 12.1 Å². The molecule has 1 aromatic carbocycles. The van der Waals surface area contributed by atoms with E-state index in [2.05, 4.69) is 5.32 Å². The third kappa shape index (κ3) is 3.73. The van der Waals surface area contributed by atoms with E-state index in [9.17, 15) is 18.0 Å². The van der Waals surface area contributed by atoms with Crippen molar-refractivity contribution in [2.75, 3.05) is 18.4 Å². The van der Waals surface area contributed by atoms with E-state index >= 15 is 0 Å². The second-order valence-electron chi connectivity index (χ2n) is 7.98. The molecule has 5 rings (SSSR count). The number of hydrogen-bond donors (Lipinski definition) is 1. The van der Waals surface area contributed by atoms with Crippen molar-refractivity contribution in [2.45, 2.75) is 23.8 Å². The van der Waals surface area contributed by atoms with Gasteiger partial charge in [-0.1, -0.05) is 12.1 Å². The van der Waals surface area contributed by atoms with Gasteiger partial charge in [-0.05, 0) is 54.1 Å². The quantitative estimate of drug-likeness (QED) is 0.655. The maximum absolute atomic E-state index is 13.3. The Morgan fingerprint density at radius 3 is 2.55 bits per heavy atom. The summed E-state index contributed by atoms with van der Waals surface area (Å²) in [5, 5.41) is 4.61. The first kappa shape index (κ1) is 20.2. The predicted octanol–water partition coefficient (Wildman–Crippen LogP) is 2.97. The summed E-state index contributed by atoms with van der Waals surface area (Å²) >= 11 is 1.34. The van der Waals surface area contributed by atoms with Gasteiger partial charge >= 0.3 is 0 Å². The number of carbonyl (C=O) groups is 1. The van der Waals surface area contributed by atoms with Crippen LogP contribution in [0.25, 0.3) is 0 Å². The first-order valence-corrected chi connectivity index (χ1v) is 12.4. The van der Waals surface area contributed by atoms with Crippen LogP contribution in [0.4, 0.5) is 5.69 Å². The summed E-state index contributed by atoms with van der Waals surface area (Å²) in [6.45, 7) is 1.31. The van der Waals surface area contributed by atoms with Gasteiger partial charge in [0.15, 0.2) is 0 Å². The summed E-state index contributed by atoms with van der Waals surface area (Å²) < 4.78 is 29.9. The zero-order valence-corrected chi connectivity index (χ0v) is 18.2. The first-order chi connectivity index (χ1) is 14.9. The van der Waals surface area contributed by atoms with E-state index in [1.54, 1.807) is 41.0 Å². The molecule has 9 heteroatoms. The Labute approximate surface area is 184 Å². The smallest absolute Gasteiger partial charge is 0.265 e. The number of benzene rings is 1. The van der Waals surface area contributed by atoms with E-state index in [1.807, 2.05) is 11.4 Å². The largest absolute Gasteiger partial charge is 0.321 e. The Morgan fingerprint density at radius 2 is 1.81 bits per heavy atom. The number of nitrogens with zero attached hydrogens (tertiary/aromatic N) is 2. The Bertz CT molecular complexity index is 1280. The average Bonchev–Trinajstić information content (AvgIpc) is 3.30. The normalized spacial score (nSPS) is 20.8. The van der Waals surface area contributed by atoms with Gasteiger partial charge in [-0.15, -0.1) is 11.3 Å². The van der Waals surface area contributed by atoms with Gasteiger partial charge in [0.05, 0.1) is 9.77 Å². The Morgan fingerprint density at radius 1 is 1.00 bits per heavy atom. The van der Waals surface area contributed by atoms with Crippen molar-refractivity contribution < 1.29 is 13.2 Å². The molecule has 7 nitrogen and oxygen atoms in total. The lowest BCUT2D eigenvalue weighted by atomic mass is 9.84. The lowest BCUT2D eigenvalue weighted by Gasteiger charge is -2.42.